The predicted octanol–water partition coefficient (Wildman–Crippen LogP) is 1.41. The van der Waals surface area contributed by atoms with E-state index in [0.29, 0.717) is 0 Å². The molecule has 0 aromatic carbocycles. The smallest absolute Gasteiger partial charge is 0.000172 e. The molecule has 0 radical (unpaired) electrons. The van der Waals surface area contributed by atoms with Gasteiger partial charge in [0.2, 0.25) is 0 Å². The summed E-state index contributed by atoms with van der Waals surface area (Å²) in [6.07, 6.45) is 1.26. The number of alkyl halides is 1. The van der Waals surface area contributed by atoms with Gasteiger partial charge < -0.3 is 5.73 Å². The summed E-state index contributed by atoms with van der Waals surface area (Å²) in [6, 6.07) is 0. The van der Waals surface area contributed by atoms with Gasteiger partial charge in [-0.1, -0.05) is 29.5 Å². The van der Waals surface area contributed by atoms with Gasteiger partial charge in [0.05, 0.1) is 0 Å². The molecule has 0 fully saturated rings. The van der Waals surface area contributed by atoms with Crippen molar-refractivity contribution in [3.05, 3.63) is 0 Å². The van der Waals surface area contributed by atoms with Gasteiger partial charge in [-0.3, -0.25) is 0 Å². The van der Waals surface area contributed by atoms with Crippen molar-refractivity contribution < 1.29 is 0 Å². The van der Waals surface area contributed by atoms with Crippen molar-refractivity contribution in [1.82, 2.24) is 0 Å². The maximum Gasteiger partial charge on any atom is -0.000172 e. The molecule has 7 heavy (non-hydrogen) atoms. The van der Waals surface area contributed by atoms with E-state index in [4.69, 9.17) is 5.73 Å². The molecule has 0 saturated heterocycles. The molecule has 0 aromatic rings. The first-order valence-electron chi connectivity index (χ1n) is 2.57. The molecule has 2 heteroatoms. The van der Waals surface area contributed by atoms with Crippen LogP contribution < -0.4 is 5.73 Å². The Bertz CT molecular complexity index is 39.1. The average Bonchev–Trinajstić information content (AvgIpc) is 1.68. The monoisotopic (exact) mass is 213 g/mol. The molecule has 0 aliphatic rings. The Balaban J connectivity index is 2.83. The summed E-state index contributed by atoms with van der Waals surface area (Å²) >= 11 is 2.37. The number of hydrogen-bond acceptors (Lipinski definition) is 1. The fraction of sp³-hybridized carbons (Fsp3) is 1.00. The Kier molecular flexibility index (Phi) is 5.32. The molecular formula is C5H12IN. The predicted molar refractivity (Wildman–Crippen MR) is 41.7 cm³/mol. The van der Waals surface area contributed by atoms with E-state index in [2.05, 4.69) is 29.5 Å². The van der Waals surface area contributed by atoms with Gasteiger partial charge in [0, 0.05) is 0 Å². The van der Waals surface area contributed by atoms with Crippen LogP contribution in [0.2, 0.25) is 0 Å². The van der Waals surface area contributed by atoms with Crippen molar-refractivity contribution in [2.75, 3.05) is 11.0 Å². The fourth-order valence-corrected chi connectivity index (χ4v) is 1.37. The minimum atomic E-state index is 0.719. The Morgan fingerprint density at radius 1 is 1.71 bits per heavy atom. The lowest BCUT2D eigenvalue weighted by Gasteiger charge is -2.01. The summed E-state index contributed by atoms with van der Waals surface area (Å²) in [5.41, 5.74) is 5.35. The van der Waals surface area contributed by atoms with E-state index in [0.717, 1.165) is 12.5 Å². The Hall–Kier alpha value is 0.690. The van der Waals surface area contributed by atoms with E-state index < -0.39 is 0 Å². The van der Waals surface area contributed by atoms with Gasteiger partial charge in [-0.2, -0.15) is 0 Å². The zero-order valence-electron chi connectivity index (χ0n) is 4.65. The molecule has 1 unspecified atom stereocenters. The lowest BCUT2D eigenvalue weighted by atomic mass is 10.1. The second kappa shape index (κ2) is 4.84. The maximum absolute atomic E-state index is 5.35. The summed E-state index contributed by atoms with van der Waals surface area (Å²) in [6.45, 7) is 3.02. The van der Waals surface area contributed by atoms with Crippen LogP contribution >= 0.6 is 22.6 Å². The number of halogens is 1. The quantitative estimate of drug-likeness (QED) is 0.556. The van der Waals surface area contributed by atoms with Crippen molar-refractivity contribution in [2.45, 2.75) is 13.3 Å². The highest BCUT2D eigenvalue weighted by Crippen LogP contribution is 2.00. The third-order valence-electron chi connectivity index (χ3n) is 1.00. The SMILES string of the molecule is CC(CN)CCI. The van der Waals surface area contributed by atoms with E-state index in [1.54, 1.807) is 0 Å². The second-order valence-corrected chi connectivity index (χ2v) is 2.90. The van der Waals surface area contributed by atoms with Crippen molar-refractivity contribution >= 4 is 22.6 Å². The van der Waals surface area contributed by atoms with Crippen LogP contribution in [0.3, 0.4) is 0 Å². The van der Waals surface area contributed by atoms with Crippen molar-refractivity contribution in [2.24, 2.45) is 11.7 Å². The maximum atomic E-state index is 5.35. The first-order chi connectivity index (χ1) is 3.31. The Morgan fingerprint density at radius 2 is 2.29 bits per heavy atom. The molecule has 0 spiro atoms. The topological polar surface area (TPSA) is 26.0 Å². The summed E-state index contributed by atoms with van der Waals surface area (Å²) in [4.78, 5) is 0. The van der Waals surface area contributed by atoms with E-state index in [-0.39, 0.29) is 0 Å². The number of hydrogen-bond donors (Lipinski definition) is 1. The summed E-state index contributed by atoms with van der Waals surface area (Å²) in [7, 11) is 0. The van der Waals surface area contributed by atoms with Crippen LogP contribution in [0.15, 0.2) is 0 Å². The highest BCUT2D eigenvalue weighted by molar-refractivity contribution is 14.1. The molecule has 1 nitrogen and oxygen atoms in total. The van der Waals surface area contributed by atoms with Gasteiger partial charge in [-0.05, 0) is 23.3 Å². The minimum Gasteiger partial charge on any atom is -0.330 e. The fourth-order valence-electron chi connectivity index (χ4n) is 0.304. The van der Waals surface area contributed by atoms with Crippen molar-refractivity contribution in [3.8, 4) is 0 Å². The Morgan fingerprint density at radius 3 is 2.43 bits per heavy atom. The van der Waals surface area contributed by atoms with E-state index in [1.165, 1.54) is 10.8 Å². The molecule has 0 bridgehead atoms. The van der Waals surface area contributed by atoms with Crippen LogP contribution in [-0.2, 0) is 0 Å². The lowest BCUT2D eigenvalue weighted by Crippen LogP contribution is -2.10. The van der Waals surface area contributed by atoms with E-state index >= 15 is 0 Å². The molecule has 0 aliphatic carbocycles. The van der Waals surface area contributed by atoms with Crippen LogP contribution in [0.4, 0.5) is 0 Å². The first kappa shape index (κ1) is 7.69. The van der Waals surface area contributed by atoms with Crippen LogP contribution in [0, 0.1) is 5.92 Å². The molecular weight excluding hydrogens is 201 g/mol. The van der Waals surface area contributed by atoms with Gasteiger partial charge in [-0.15, -0.1) is 0 Å². The third-order valence-corrected chi connectivity index (χ3v) is 1.63. The molecule has 0 amide bonds. The van der Waals surface area contributed by atoms with Crippen LogP contribution in [0.5, 0.6) is 0 Å². The number of nitrogens with two attached hydrogens (primary N) is 1. The average molecular weight is 213 g/mol. The molecule has 0 rings (SSSR count). The third kappa shape index (κ3) is 4.55. The van der Waals surface area contributed by atoms with Crippen molar-refractivity contribution in [3.63, 3.8) is 0 Å². The largest absolute Gasteiger partial charge is 0.330 e. The molecule has 2 N–H and O–H groups in total. The Labute approximate surface area is 58.8 Å². The van der Waals surface area contributed by atoms with Crippen molar-refractivity contribution in [1.29, 1.82) is 0 Å². The molecule has 44 valence electrons. The molecule has 0 aliphatic heterocycles. The second-order valence-electron chi connectivity index (χ2n) is 1.82. The minimum absolute atomic E-state index is 0.719. The highest BCUT2D eigenvalue weighted by Gasteiger charge is 1.93. The molecule has 0 aromatic heterocycles. The van der Waals surface area contributed by atoms with Gasteiger partial charge in [0.25, 0.3) is 0 Å². The molecule has 1 atom stereocenters. The van der Waals surface area contributed by atoms with E-state index in [1.807, 2.05) is 0 Å². The van der Waals surface area contributed by atoms with Gasteiger partial charge in [-0.25, -0.2) is 0 Å². The zero-order chi connectivity index (χ0) is 5.70. The standard InChI is InChI=1S/C5H12IN/c1-5(4-7)2-3-6/h5H,2-4,7H2,1H3. The molecule has 0 saturated carbocycles. The summed E-state index contributed by atoms with van der Waals surface area (Å²) in [5.74, 6) is 0.719. The van der Waals surface area contributed by atoms with Gasteiger partial charge in [0.1, 0.15) is 0 Å². The van der Waals surface area contributed by atoms with Crippen LogP contribution in [-0.4, -0.2) is 11.0 Å². The normalized spacial score (nSPS) is 14.1. The van der Waals surface area contributed by atoms with Crippen LogP contribution in [0.1, 0.15) is 13.3 Å². The van der Waals surface area contributed by atoms with E-state index in [9.17, 15) is 0 Å². The molecule has 0 heterocycles. The van der Waals surface area contributed by atoms with Gasteiger partial charge >= 0.3 is 0 Å². The summed E-state index contributed by atoms with van der Waals surface area (Å²) in [5, 5.41) is 0. The van der Waals surface area contributed by atoms with Gasteiger partial charge in [0.15, 0.2) is 0 Å². The lowest BCUT2D eigenvalue weighted by molar-refractivity contribution is 0.584. The first-order valence-corrected chi connectivity index (χ1v) is 4.09. The summed E-state index contributed by atoms with van der Waals surface area (Å²) < 4.78 is 1.23. The number of rotatable bonds is 3. The highest BCUT2D eigenvalue weighted by atomic mass is 127. The van der Waals surface area contributed by atoms with Crippen LogP contribution in [0.25, 0.3) is 0 Å². The zero-order valence-corrected chi connectivity index (χ0v) is 6.81.